The summed E-state index contributed by atoms with van der Waals surface area (Å²) in [6.45, 7) is 5.80. The quantitative estimate of drug-likeness (QED) is 0.244. The van der Waals surface area contributed by atoms with Gasteiger partial charge in [0.2, 0.25) is 11.8 Å². The summed E-state index contributed by atoms with van der Waals surface area (Å²) in [4.78, 5) is 28.0. The highest BCUT2D eigenvalue weighted by molar-refractivity contribution is 7.92. The number of hydrogen-bond acceptors (Lipinski definition) is 4. The lowest BCUT2D eigenvalue weighted by molar-refractivity contribution is -0.139. The Morgan fingerprint density at radius 3 is 2.16 bits per heavy atom. The molecule has 2 amide bonds. The SMILES string of the molecule is CC[C@@H](C)NC(=O)[C@H](C)N(Cc1ccccc1Cl)C(=O)CN(c1ccc(Cl)c(C(F)(F)F)c1)S(=O)(=O)c1ccc(C)cc1. The summed E-state index contributed by atoms with van der Waals surface area (Å²) in [6, 6.07) is 13.6. The van der Waals surface area contributed by atoms with Crippen molar-refractivity contribution < 1.29 is 31.2 Å². The van der Waals surface area contributed by atoms with E-state index < -0.39 is 56.9 Å². The zero-order valence-electron chi connectivity index (χ0n) is 24.0. The summed E-state index contributed by atoms with van der Waals surface area (Å²) in [7, 11) is -4.58. The largest absolute Gasteiger partial charge is 0.417 e. The van der Waals surface area contributed by atoms with Crippen molar-refractivity contribution in [3.8, 4) is 0 Å². The fourth-order valence-corrected chi connectivity index (χ4v) is 5.94. The van der Waals surface area contributed by atoms with Crippen LogP contribution in [0.5, 0.6) is 0 Å². The van der Waals surface area contributed by atoms with Gasteiger partial charge < -0.3 is 10.2 Å². The van der Waals surface area contributed by atoms with E-state index in [1.807, 2.05) is 6.92 Å². The molecule has 3 rings (SSSR count). The molecule has 0 unspecified atom stereocenters. The van der Waals surface area contributed by atoms with Gasteiger partial charge in [0.1, 0.15) is 12.6 Å². The highest BCUT2D eigenvalue weighted by Gasteiger charge is 2.37. The molecule has 0 saturated carbocycles. The first-order chi connectivity index (χ1) is 20.1. The molecule has 7 nitrogen and oxygen atoms in total. The number of nitrogens with zero attached hydrogens (tertiary/aromatic N) is 2. The number of carbonyl (C=O) groups excluding carboxylic acids is 2. The molecule has 0 spiro atoms. The van der Waals surface area contributed by atoms with Gasteiger partial charge >= 0.3 is 6.18 Å². The molecule has 0 heterocycles. The number of rotatable bonds is 11. The average Bonchev–Trinajstić information content (AvgIpc) is 2.94. The Balaban J connectivity index is 2.13. The molecule has 13 heteroatoms. The molecule has 232 valence electrons. The van der Waals surface area contributed by atoms with Crippen molar-refractivity contribution in [2.24, 2.45) is 0 Å². The topological polar surface area (TPSA) is 86.8 Å². The van der Waals surface area contributed by atoms with Crippen LogP contribution in [0.4, 0.5) is 18.9 Å². The van der Waals surface area contributed by atoms with E-state index >= 15 is 0 Å². The second kappa shape index (κ2) is 14.0. The Labute approximate surface area is 259 Å². The van der Waals surface area contributed by atoms with Crippen LogP contribution >= 0.6 is 23.2 Å². The van der Waals surface area contributed by atoms with Gasteiger partial charge in [0, 0.05) is 17.6 Å². The number of halogens is 5. The molecule has 3 aromatic carbocycles. The third kappa shape index (κ3) is 8.43. The highest BCUT2D eigenvalue weighted by Crippen LogP contribution is 2.38. The lowest BCUT2D eigenvalue weighted by Crippen LogP contribution is -2.52. The van der Waals surface area contributed by atoms with E-state index in [0.717, 1.165) is 22.6 Å². The highest BCUT2D eigenvalue weighted by atomic mass is 35.5. The number of aryl methyl sites for hydroxylation is 1. The summed E-state index contributed by atoms with van der Waals surface area (Å²) in [6.07, 6.45) is -4.27. The standard InChI is InChI=1S/C30H32Cl2F3N3O4S/c1-5-20(3)36-29(40)21(4)37(17-22-8-6-7-9-26(22)31)28(39)18-38(43(41,42)24-13-10-19(2)11-14-24)23-12-15-27(32)25(16-23)30(33,34)35/h6-16,20-21H,5,17-18H2,1-4H3,(H,36,40)/t20-,21+/m1/s1. The van der Waals surface area contributed by atoms with Gasteiger partial charge in [-0.15, -0.1) is 0 Å². The van der Waals surface area contributed by atoms with Crippen molar-refractivity contribution in [1.29, 1.82) is 0 Å². The summed E-state index contributed by atoms with van der Waals surface area (Å²) >= 11 is 12.1. The molecule has 0 aliphatic carbocycles. The van der Waals surface area contributed by atoms with Crippen molar-refractivity contribution in [2.45, 2.75) is 63.8 Å². The zero-order valence-corrected chi connectivity index (χ0v) is 26.3. The number of amides is 2. The maximum Gasteiger partial charge on any atom is 0.417 e. The monoisotopic (exact) mass is 657 g/mol. The van der Waals surface area contributed by atoms with E-state index in [1.54, 1.807) is 38.1 Å². The molecule has 0 bridgehead atoms. The fourth-order valence-electron chi connectivity index (χ4n) is 4.11. The summed E-state index contributed by atoms with van der Waals surface area (Å²) in [5, 5.41) is 2.48. The predicted octanol–water partition coefficient (Wildman–Crippen LogP) is 6.85. The molecule has 0 aliphatic rings. The number of alkyl halides is 3. The summed E-state index contributed by atoms with van der Waals surface area (Å²) in [5.74, 6) is -1.33. The van der Waals surface area contributed by atoms with Gasteiger partial charge in [-0.2, -0.15) is 13.2 Å². The molecule has 1 N–H and O–H groups in total. The number of benzene rings is 3. The van der Waals surface area contributed by atoms with Crippen LogP contribution in [0.25, 0.3) is 0 Å². The Hall–Kier alpha value is -3.28. The van der Waals surface area contributed by atoms with Gasteiger partial charge in [0.25, 0.3) is 10.0 Å². The van der Waals surface area contributed by atoms with Gasteiger partial charge in [0.05, 0.1) is 21.2 Å². The first-order valence-corrected chi connectivity index (χ1v) is 15.5. The van der Waals surface area contributed by atoms with E-state index in [2.05, 4.69) is 5.32 Å². The van der Waals surface area contributed by atoms with E-state index in [4.69, 9.17) is 23.2 Å². The van der Waals surface area contributed by atoms with E-state index in [-0.39, 0.29) is 17.5 Å². The molecule has 0 saturated heterocycles. The van der Waals surface area contributed by atoms with E-state index in [0.29, 0.717) is 27.4 Å². The van der Waals surface area contributed by atoms with Gasteiger partial charge in [-0.05, 0) is 69.2 Å². The van der Waals surface area contributed by atoms with Crippen molar-refractivity contribution in [2.75, 3.05) is 10.8 Å². The van der Waals surface area contributed by atoms with Crippen LogP contribution in [0.15, 0.2) is 71.6 Å². The van der Waals surface area contributed by atoms with E-state index in [1.165, 1.54) is 31.2 Å². The third-order valence-electron chi connectivity index (χ3n) is 6.90. The number of anilines is 1. The Bertz CT molecular complexity index is 1570. The maximum atomic E-state index is 14.0. The number of carbonyl (C=O) groups is 2. The van der Waals surface area contributed by atoms with Crippen LogP contribution in [0, 0.1) is 6.92 Å². The molecule has 2 atom stereocenters. The lowest BCUT2D eigenvalue weighted by atomic mass is 10.1. The molecule has 0 aliphatic heterocycles. The van der Waals surface area contributed by atoms with Crippen LogP contribution in [-0.2, 0) is 32.3 Å². The van der Waals surface area contributed by atoms with Crippen molar-refractivity contribution in [3.63, 3.8) is 0 Å². The van der Waals surface area contributed by atoms with Gasteiger partial charge in [-0.1, -0.05) is 66.0 Å². The van der Waals surface area contributed by atoms with Crippen molar-refractivity contribution in [3.05, 3.63) is 93.5 Å². The Morgan fingerprint density at radius 2 is 1.58 bits per heavy atom. The van der Waals surface area contributed by atoms with Gasteiger partial charge in [0.15, 0.2) is 0 Å². The van der Waals surface area contributed by atoms with Crippen LogP contribution in [0.2, 0.25) is 10.0 Å². The van der Waals surface area contributed by atoms with Crippen molar-refractivity contribution >= 4 is 50.7 Å². The molecule has 0 radical (unpaired) electrons. The first-order valence-electron chi connectivity index (χ1n) is 13.4. The normalized spacial score (nSPS) is 13.2. The van der Waals surface area contributed by atoms with Crippen LogP contribution in [0.1, 0.15) is 43.9 Å². The smallest absolute Gasteiger partial charge is 0.352 e. The van der Waals surface area contributed by atoms with Gasteiger partial charge in [-0.3, -0.25) is 13.9 Å². The molecule has 0 fully saturated rings. The van der Waals surface area contributed by atoms with Crippen LogP contribution < -0.4 is 9.62 Å². The second-order valence-corrected chi connectivity index (χ2v) is 12.8. The summed E-state index contributed by atoms with van der Waals surface area (Å²) in [5.41, 5.74) is -0.462. The van der Waals surface area contributed by atoms with Gasteiger partial charge in [-0.25, -0.2) is 8.42 Å². The number of hydrogen-bond donors (Lipinski definition) is 1. The molecule has 43 heavy (non-hydrogen) atoms. The first kappa shape index (κ1) is 34.2. The minimum Gasteiger partial charge on any atom is -0.352 e. The molecule has 0 aromatic heterocycles. The second-order valence-electron chi connectivity index (χ2n) is 10.1. The minimum atomic E-state index is -4.89. The average molecular weight is 659 g/mol. The third-order valence-corrected chi connectivity index (χ3v) is 9.38. The Kier molecular flexibility index (Phi) is 11.1. The molecular formula is C30H32Cl2F3N3O4S. The van der Waals surface area contributed by atoms with Crippen LogP contribution in [0.3, 0.4) is 0 Å². The maximum absolute atomic E-state index is 14.0. The number of sulfonamides is 1. The molecular weight excluding hydrogens is 626 g/mol. The predicted molar refractivity (Wildman–Crippen MR) is 162 cm³/mol. The minimum absolute atomic E-state index is 0.166. The van der Waals surface area contributed by atoms with Crippen LogP contribution in [-0.4, -0.2) is 43.8 Å². The zero-order chi connectivity index (χ0) is 32.1. The fraction of sp³-hybridized carbons (Fsp3) is 0.333. The van der Waals surface area contributed by atoms with E-state index in [9.17, 15) is 31.2 Å². The number of nitrogens with one attached hydrogen (secondary N) is 1. The molecule has 3 aromatic rings. The Morgan fingerprint density at radius 1 is 0.953 bits per heavy atom. The lowest BCUT2D eigenvalue weighted by Gasteiger charge is -2.32. The summed E-state index contributed by atoms with van der Waals surface area (Å²) < 4.78 is 69.7. The van der Waals surface area contributed by atoms with Crippen molar-refractivity contribution in [1.82, 2.24) is 10.2 Å².